The van der Waals surface area contributed by atoms with Crippen LogP contribution in [0, 0.1) is 11.8 Å². The summed E-state index contributed by atoms with van der Waals surface area (Å²) < 4.78 is 0. The Kier molecular flexibility index (Phi) is 6.23. The molecule has 0 spiro atoms. The van der Waals surface area contributed by atoms with E-state index in [4.69, 9.17) is 0 Å². The number of carbonyl (C=O) groups excluding carboxylic acids is 2. The van der Waals surface area contributed by atoms with Gasteiger partial charge in [0.2, 0.25) is 0 Å². The van der Waals surface area contributed by atoms with Crippen LogP contribution in [0.2, 0.25) is 0 Å². The van der Waals surface area contributed by atoms with Gasteiger partial charge in [0, 0.05) is 24.3 Å². The highest BCUT2D eigenvalue weighted by molar-refractivity contribution is 6.00. The minimum absolute atomic E-state index is 0.135. The number of hydrogen-bond acceptors (Lipinski definition) is 2. The molecule has 2 unspecified atom stereocenters. The van der Waals surface area contributed by atoms with Crippen molar-refractivity contribution in [3.63, 3.8) is 0 Å². The number of hydrogen-bond donors (Lipinski definition) is 0. The van der Waals surface area contributed by atoms with Gasteiger partial charge in [-0.05, 0) is 43.6 Å². The van der Waals surface area contributed by atoms with E-state index in [1.807, 2.05) is 18.2 Å². The molecule has 0 amide bonds. The lowest BCUT2D eigenvalue weighted by molar-refractivity contribution is -0.119. The number of benzene rings is 1. The van der Waals surface area contributed by atoms with Crippen LogP contribution in [0.25, 0.3) is 0 Å². The molecule has 3 rings (SSSR count). The zero-order valence-corrected chi connectivity index (χ0v) is 14.8. The van der Waals surface area contributed by atoms with Gasteiger partial charge in [-0.25, -0.2) is 0 Å². The first-order valence-corrected chi connectivity index (χ1v) is 9.89. The highest BCUT2D eigenvalue weighted by atomic mass is 16.1. The van der Waals surface area contributed by atoms with Crippen LogP contribution in [0.4, 0.5) is 0 Å². The van der Waals surface area contributed by atoms with Gasteiger partial charge in [-0.15, -0.1) is 0 Å². The molecule has 0 heterocycles. The predicted octanol–water partition coefficient (Wildman–Crippen LogP) is 5.53. The third kappa shape index (κ3) is 4.34. The van der Waals surface area contributed by atoms with E-state index < -0.39 is 0 Å². The molecular formula is C22H30O2. The molecule has 2 atom stereocenters. The Morgan fingerprint density at radius 3 is 2.33 bits per heavy atom. The van der Waals surface area contributed by atoms with Gasteiger partial charge in [-0.3, -0.25) is 9.59 Å². The molecule has 0 saturated heterocycles. The summed E-state index contributed by atoms with van der Waals surface area (Å²) in [5, 5.41) is 0. The number of rotatable bonds is 1. The molecular weight excluding hydrogens is 296 g/mol. The highest BCUT2D eigenvalue weighted by Gasteiger charge is 2.33. The van der Waals surface area contributed by atoms with Gasteiger partial charge < -0.3 is 0 Å². The predicted molar refractivity (Wildman–Crippen MR) is 97.3 cm³/mol. The lowest BCUT2D eigenvalue weighted by Gasteiger charge is -2.30. The number of ketones is 2. The molecule has 1 aromatic carbocycles. The minimum atomic E-state index is 0.135. The summed E-state index contributed by atoms with van der Waals surface area (Å²) in [4.78, 5) is 25.1. The lowest BCUT2D eigenvalue weighted by Crippen LogP contribution is -2.30. The van der Waals surface area contributed by atoms with Gasteiger partial charge in [-0.1, -0.05) is 56.4 Å². The smallest absolute Gasteiger partial charge is 0.166 e. The van der Waals surface area contributed by atoms with Gasteiger partial charge >= 0.3 is 0 Å². The van der Waals surface area contributed by atoms with E-state index in [1.54, 1.807) is 0 Å². The van der Waals surface area contributed by atoms with Crippen LogP contribution in [0.5, 0.6) is 0 Å². The molecule has 1 fully saturated rings. The fourth-order valence-electron chi connectivity index (χ4n) is 4.52. The van der Waals surface area contributed by atoms with Crippen molar-refractivity contribution in [2.45, 2.75) is 77.0 Å². The molecule has 2 aliphatic carbocycles. The molecule has 1 aromatic rings. The Balaban J connectivity index is 1.70. The Labute approximate surface area is 146 Å². The van der Waals surface area contributed by atoms with E-state index in [-0.39, 0.29) is 5.92 Å². The van der Waals surface area contributed by atoms with Crippen molar-refractivity contribution in [3.8, 4) is 0 Å². The maximum atomic E-state index is 13.0. The van der Waals surface area contributed by atoms with Crippen molar-refractivity contribution in [3.05, 3.63) is 35.4 Å². The largest absolute Gasteiger partial charge is 0.300 e. The Hall–Kier alpha value is -1.44. The first-order valence-electron chi connectivity index (χ1n) is 9.89. The van der Waals surface area contributed by atoms with E-state index in [9.17, 15) is 9.59 Å². The summed E-state index contributed by atoms with van der Waals surface area (Å²) in [6.07, 6.45) is 12.7. The first-order chi connectivity index (χ1) is 11.8. The van der Waals surface area contributed by atoms with Crippen LogP contribution in [-0.4, -0.2) is 11.6 Å². The van der Waals surface area contributed by atoms with Crippen molar-refractivity contribution < 1.29 is 9.59 Å². The SMILES string of the molecule is O=C1CCCCCCCCC(C2CCc3ccccc3C2=O)CC1. The van der Waals surface area contributed by atoms with Crippen LogP contribution >= 0.6 is 0 Å². The standard InChI is InChI=1S/C22H30O2/c23-19-11-6-4-2-1-3-5-9-17(13-15-19)21-16-14-18-10-7-8-12-20(18)22(21)24/h7-8,10,12,17,21H,1-6,9,11,13-16H2. The van der Waals surface area contributed by atoms with Crippen molar-refractivity contribution in [2.24, 2.45) is 11.8 Å². The van der Waals surface area contributed by atoms with Crippen LogP contribution < -0.4 is 0 Å². The quantitative estimate of drug-likeness (QED) is 0.680. The average molecular weight is 326 g/mol. The molecule has 2 aliphatic rings. The molecule has 0 radical (unpaired) electrons. The zero-order chi connectivity index (χ0) is 16.8. The number of aryl methyl sites for hydroxylation is 1. The Bertz CT molecular complexity index is 575. The second-order valence-corrected chi connectivity index (χ2v) is 7.66. The third-order valence-electron chi connectivity index (χ3n) is 5.99. The molecule has 0 bridgehead atoms. The van der Waals surface area contributed by atoms with E-state index >= 15 is 0 Å². The maximum absolute atomic E-state index is 13.0. The number of carbonyl (C=O) groups is 2. The topological polar surface area (TPSA) is 34.1 Å². The van der Waals surface area contributed by atoms with Gasteiger partial charge in [-0.2, -0.15) is 0 Å². The molecule has 0 aromatic heterocycles. The van der Waals surface area contributed by atoms with Crippen molar-refractivity contribution >= 4 is 11.6 Å². The Morgan fingerprint density at radius 2 is 1.46 bits per heavy atom. The molecule has 0 N–H and O–H groups in total. The van der Waals surface area contributed by atoms with E-state index in [2.05, 4.69) is 6.07 Å². The van der Waals surface area contributed by atoms with Gasteiger partial charge in [0.25, 0.3) is 0 Å². The van der Waals surface area contributed by atoms with Crippen LogP contribution in [0.3, 0.4) is 0 Å². The third-order valence-corrected chi connectivity index (χ3v) is 5.99. The fourth-order valence-corrected chi connectivity index (χ4v) is 4.52. The number of Topliss-reactive ketones (excluding diaryl/α,β-unsaturated/α-hetero) is 2. The number of fused-ring (bicyclic) bond motifs is 1. The van der Waals surface area contributed by atoms with E-state index in [1.165, 1.54) is 37.7 Å². The average Bonchev–Trinajstić information content (AvgIpc) is 2.59. The summed E-state index contributed by atoms with van der Waals surface area (Å²) in [5.74, 6) is 1.27. The summed E-state index contributed by atoms with van der Waals surface area (Å²) in [6, 6.07) is 8.09. The minimum Gasteiger partial charge on any atom is -0.300 e. The summed E-state index contributed by atoms with van der Waals surface area (Å²) in [7, 11) is 0. The van der Waals surface area contributed by atoms with E-state index in [0.29, 0.717) is 23.9 Å². The Morgan fingerprint density at radius 1 is 0.708 bits per heavy atom. The summed E-state index contributed by atoms with van der Waals surface area (Å²) in [5.41, 5.74) is 2.15. The molecule has 0 aliphatic heterocycles. The summed E-state index contributed by atoms with van der Waals surface area (Å²) >= 11 is 0. The molecule has 2 nitrogen and oxygen atoms in total. The summed E-state index contributed by atoms with van der Waals surface area (Å²) in [6.45, 7) is 0. The second-order valence-electron chi connectivity index (χ2n) is 7.66. The van der Waals surface area contributed by atoms with Crippen LogP contribution in [0.15, 0.2) is 24.3 Å². The molecule has 1 saturated carbocycles. The first kappa shape index (κ1) is 17.4. The fraction of sp³-hybridized carbons (Fsp3) is 0.636. The van der Waals surface area contributed by atoms with Gasteiger partial charge in [0.1, 0.15) is 5.78 Å². The lowest BCUT2D eigenvalue weighted by atomic mass is 9.72. The van der Waals surface area contributed by atoms with Crippen LogP contribution in [0.1, 0.15) is 86.6 Å². The van der Waals surface area contributed by atoms with Crippen molar-refractivity contribution in [1.29, 1.82) is 0 Å². The molecule has 24 heavy (non-hydrogen) atoms. The van der Waals surface area contributed by atoms with Crippen molar-refractivity contribution in [2.75, 3.05) is 0 Å². The van der Waals surface area contributed by atoms with E-state index in [0.717, 1.165) is 44.1 Å². The van der Waals surface area contributed by atoms with Crippen LogP contribution in [-0.2, 0) is 11.2 Å². The molecule has 2 heteroatoms. The van der Waals surface area contributed by atoms with Gasteiger partial charge in [0.15, 0.2) is 5.78 Å². The van der Waals surface area contributed by atoms with Gasteiger partial charge in [0.05, 0.1) is 0 Å². The normalized spacial score (nSPS) is 27.0. The highest BCUT2D eigenvalue weighted by Crippen LogP contribution is 2.35. The zero-order valence-electron chi connectivity index (χ0n) is 14.8. The molecule has 130 valence electrons. The maximum Gasteiger partial charge on any atom is 0.166 e. The monoisotopic (exact) mass is 326 g/mol. The van der Waals surface area contributed by atoms with Crippen molar-refractivity contribution in [1.82, 2.24) is 0 Å². The second kappa shape index (κ2) is 8.60.